The number of nitrogens with zero attached hydrogens (tertiary/aromatic N) is 2. The number of carbonyl (C=O) groups is 1. The van der Waals surface area contributed by atoms with Gasteiger partial charge in [0.2, 0.25) is 0 Å². The molecular formula is C19H23FN2OS. The SMILES string of the molecule is C=CCN(Cc1ccccc1F)C(=O)c1sc(CC(C)C)nc1C. The quantitative estimate of drug-likeness (QED) is 0.686. The summed E-state index contributed by atoms with van der Waals surface area (Å²) in [6.07, 6.45) is 2.51. The molecule has 0 saturated carbocycles. The molecule has 0 unspecified atom stereocenters. The molecule has 0 aliphatic carbocycles. The molecule has 0 aliphatic heterocycles. The van der Waals surface area contributed by atoms with Crippen molar-refractivity contribution in [1.29, 1.82) is 0 Å². The molecule has 0 bridgehead atoms. The molecule has 1 heterocycles. The first-order valence-electron chi connectivity index (χ1n) is 8.02. The Balaban J connectivity index is 2.24. The van der Waals surface area contributed by atoms with Crippen molar-refractivity contribution in [3.63, 3.8) is 0 Å². The number of thiazole rings is 1. The summed E-state index contributed by atoms with van der Waals surface area (Å²) in [5.41, 5.74) is 1.24. The van der Waals surface area contributed by atoms with Gasteiger partial charge in [-0.25, -0.2) is 9.37 Å². The summed E-state index contributed by atoms with van der Waals surface area (Å²) in [7, 11) is 0. The fraction of sp³-hybridized carbons (Fsp3) is 0.368. The van der Waals surface area contributed by atoms with Crippen LogP contribution in [0.15, 0.2) is 36.9 Å². The fourth-order valence-corrected chi connectivity index (χ4v) is 3.68. The Kier molecular flexibility index (Phi) is 6.26. The average Bonchev–Trinajstić information content (AvgIpc) is 2.88. The molecule has 128 valence electrons. The van der Waals surface area contributed by atoms with Crippen LogP contribution in [0.5, 0.6) is 0 Å². The second-order valence-electron chi connectivity index (χ2n) is 6.19. The first kappa shape index (κ1) is 18.3. The van der Waals surface area contributed by atoms with Crippen LogP contribution in [0.3, 0.4) is 0 Å². The molecule has 1 aromatic carbocycles. The Morgan fingerprint density at radius 2 is 2.12 bits per heavy atom. The minimum absolute atomic E-state index is 0.122. The molecule has 2 aromatic rings. The van der Waals surface area contributed by atoms with Gasteiger partial charge in [0.15, 0.2) is 0 Å². The van der Waals surface area contributed by atoms with Crippen LogP contribution in [0.25, 0.3) is 0 Å². The molecule has 3 nitrogen and oxygen atoms in total. The summed E-state index contributed by atoms with van der Waals surface area (Å²) in [4.78, 5) is 19.6. The van der Waals surface area contributed by atoms with Gasteiger partial charge in [-0.05, 0) is 18.9 Å². The lowest BCUT2D eigenvalue weighted by Crippen LogP contribution is -2.31. The van der Waals surface area contributed by atoms with Gasteiger partial charge < -0.3 is 4.90 Å². The summed E-state index contributed by atoms with van der Waals surface area (Å²) in [6.45, 7) is 10.4. The molecule has 1 aromatic heterocycles. The number of benzene rings is 1. The van der Waals surface area contributed by atoms with E-state index in [0.717, 1.165) is 17.1 Å². The van der Waals surface area contributed by atoms with Gasteiger partial charge in [0.05, 0.1) is 10.7 Å². The summed E-state index contributed by atoms with van der Waals surface area (Å²) < 4.78 is 13.9. The third kappa shape index (κ3) is 4.51. The predicted molar refractivity (Wildman–Crippen MR) is 96.7 cm³/mol. The topological polar surface area (TPSA) is 33.2 Å². The number of aryl methyl sites for hydroxylation is 1. The zero-order valence-corrected chi connectivity index (χ0v) is 15.2. The van der Waals surface area contributed by atoms with E-state index in [1.165, 1.54) is 17.4 Å². The third-order valence-electron chi connectivity index (χ3n) is 3.57. The first-order valence-corrected chi connectivity index (χ1v) is 8.84. The van der Waals surface area contributed by atoms with E-state index in [0.29, 0.717) is 22.9 Å². The third-order valence-corrected chi connectivity index (χ3v) is 4.74. The van der Waals surface area contributed by atoms with E-state index in [2.05, 4.69) is 25.4 Å². The molecule has 0 N–H and O–H groups in total. The van der Waals surface area contributed by atoms with Crippen LogP contribution < -0.4 is 0 Å². The maximum atomic E-state index is 13.9. The zero-order valence-electron chi connectivity index (χ0n) is 14.4. The first-order chi connectivity index (χ1) is 11.4. The van der Waals surface area contributed by atoms with E-state index in [1.54, 1.807) is 29.2 Å². The van der Waals surface area contributed by atoms with Crippen LogP contribution in [0.1, 0.15) is 39.8 Å². The molecule has 2 rings (SSSR count). The molecule has 5 heteroatoms. The van der Waals surface area contributed by atoms with Crippen molar-refractivity contribution in [1.82, 2.24) is 9.88 Å². The Morgan fingerprint density at radius 3 is 2.75 bits per heavy atom. The number of carbonyl (C=O) groups excluding carboxylic acids is 1. The van der Waals surface area contributed by atoms with Gasteiger partial charge in [-0.1, -0.05) is 38.1 Å². The Hall–Kier alpha value is -2.01. The Bertz CT molecular complexity index is 724. The highest BCUT2D eigenvalue weighted by Crippen LogP contribution is 2.23. The maximum absolute atomic E-state index is 13.9. The number of rotatable bonds is 7. The van der Waals surface area contributed by atoms with Crippen molar-refractivity contribution in [2.45, 2.75) is 33.7 Å². The molecule has 0 aliphatic rings. The van der Waals surface area contributed by atoms with Crippen LogP contribution in [0.2, 0.25) is 0 Å². The molecule has 0 spiro atoms. The highest BCUT2D eigenvalue weighted by Gasteiger charge is 2.22. The summed E-state index contributed by atoms with van der Waals surface area (Å²) in [6, 6.07) is 6.52. The summed E-state index contributed by atoms with van der Waals surface area (Å²) >= 11 is 1.43. The molecule has 0 saturated heterocycles. The van der Waals surface area contributed by atoms with Crippen LogP contribution in [0, 0.1) is 18.7 Å². The highest BCUT2D eigenvalue weighted by molar-refractivity contribution is 7.13. The van der Waals surface area contributed by atoms with Crippen molar-refractivity contribution < 1.29 is 9.18 Å². The van der Waals surface area contributed by atoms with Crippen molar-refractivity contribution in [3.05, 3.63) is 63.9 Å². The lowest BCUT2D eigenvalue weighted by molar-refractivity contribution is 0.0765. The lowest BCUT2D eigenvalue weighted by Gasteiger charge is -2.21. The van der Waals surface area contributed by atoms with E-state index < -0.39 is 0 Å². The normalized spacial score (nSPS) is 10.9. The zero-order chi connectivity index (χ0) is 17.7. The maximum Gasteiger partial charge on any atom is 0.266 e. The number of aromatic nitrogens is 1. The van der Waals surface area contributed by atoms with Crippen molar-refractivity contribution in [2.24, 2.45) is 5.92 Å². The van der Waals surface area contributed by atoms with E-state index in [-0.39, 0.29) is 18.3 Å². The molecule has 1 amide bonds. The highest BCUT2D eigenvalue weighted by atomic mass is 32.1. The predicted octanol–water partition coefficient (Wildman–Crippen LogP) is 4.62. The number of hydrogen-bond acceptors (Lipinski definition) is 3. The van der Waals surface area contributed by atoms with E-state index in [1.807, 2.05) is 6.92 Å². The van der Waals surface area contributed by atoms with Gasteiger partial charge in [0, 0.05) is 25.1 Å². The van der Waals surface area contributed by atoms with Gasteiger partial charge in [-0.2, -0.15) is 0 Å². The van der Waals surface area contributed by atoms with Crippen LogP contribution in [-0.4, -0.2) is 22.3 Å². The Labute approximate surface area is 146 Å². The second-order valence-corrected chi connectivity index (χ2v) is 7.27. The summed E-state index contributed by atoms with van der Waals surface area (Å²) in [5.74, 6) is 0.0604. The van der Waals surface area contributed by atoms with E-state index in [9.17, 15) is 9.18 Å². The fourth-order valence-electron chi connectivity index (χ4n) is 2.44. The Morgan fingerprint density at radius 1 is 1.42 bits per heavy atom. The monoisotopic (exact) mass is 346 g/mol. The number of halogens is 1. The number of hydrogen-bond donors (Lipinski definition) is 0. The standard InChI is InChI=1S/C19H23FN2OS/c1-5-10-22(12-15-8-6-7-9-16(15)20)19(23)18-14(4)21-17(24-18)11-13(2)3/h5-9,13H,1,10-12H2,2-4H3. The molecule has 24 heavy (non-hydrogen) atoms. The second kappa shape index (κ2) is 8.20. The molecule has 0 atom stereocenters. The van der Waals surface area contributed by atoms with Gasteiger partial charge in [-0.15, -0.1) is 17.9 Å². The number of amides is 1. The molecular weight excluding hydrogens is 323 g/mol. The average molecular weight is 346 g/mol. The van der Waals surface area contributed by atoms with Crippen molar-refractivity contribution in [2.75, 3.05) is 6.54 Å². The molecule has 0 radical (unpaired) electrons. The lowest BCUT2D eigenvalue weighted by atomic mass is 10.1. The minimum atomic E-state index is -0.305. The minimum Gasteiger partial charge on any atom is -0.330 e. The van der Waals surface area contributed by atoms with Gasteiger partial charge in [0.25, 0.3) is 5.91 Å². The molecule has 0 fully saturated rings. The van der Waals surface area contributed by atoms with Crippen molar-refractivity contribution in [3.8, 4) is 0 Å². The van der Waals surface area contributed by atoms with Crippen LogP contribution in [-0.2, 0) is 13.0 Å². The van der Waals surface area contributed by atoms with Crippen molar-refractivity contribution >= 4 is 17.2 Å². The van der Waals surface area contributed by atoms with E-state index in [4.69, 9.17) is 0 Å². The van der Waals surface area contributed by atoms with Gasteiger partial charge in [0.1, 0.15) is 10.7 Å². The smallest absolute Gasteiger partial charge is 0.266 e. The van der Waals surface area contributed by atoms with Gasteiger partial charge in [-0.3, -0.25) is 4.79 Å². The van der Waals surface area contributed by atoms with Gasteiger partial charge >= 0.3 is 0 Å². The summed E-state index contributed by atoms with van der Waals surface area (Å²) in [5, 5.41) is 0.968. The van der Waals surface area contributed by atoms with Crippen LogP contribution >= 0.6 is 11.3 Å². The largest absolute Gasteiger partial charge is 0.330 e. The van der Waals surface area contributed by atoms with Crippen LogP contribution in [0.4, 0.5) is 4.39 Å². The van der Waals surface area contributed by atoms with E-state index >= 15 is 0 Å².